The molecule has 2 rings (SSSR count). The van der Waals surface area contributed by atoms with Crippen molar-refractivity contribution in [1.82, 2.24) is 9.80 Å². The fourth-order valence-electron chi connectivity index (χ4n) is 3.08. The third kappa shape index (κ3) is 3.18. The van der Waals surface area contributed by atoms with Crippen LogP contribution in [-0.2, 0) is 4.79 Å². The van der Waals surface area contributed by atoms with E-state index in [-0.39, 0.29) is 12.6 Å². The van der Waals surface area contributed by atoms with Crippen LogP contribution in [0.15, 0.2) is 0 Å². The van der Waals surface area contributed by atoms with Crippen molar-refractivity contribution in [2.24, 2.45) is 5.92 Å². The second-order valence-electron chi connectivity index (χ2n) is 5.84. The van der Waals surface area contributed by atoms with Gasteiger partial charge in [-0.25, -0.2) is 4.79 Å². The predicted molar refractivity (Wildman–Crippen MR) is 68.8 cm³/mol. The third-order valence-electron chi connectivity index (χ3n) is 4.20. The highest BCUT2D eigenvalue weighted by Crippen LogP contribution is 2.30. The Hall–Kier alpha value is -1.30. The summed E-state index contributed by atoms with van der Waals surface area (Å²) < 4.78 is 0. The minimum absolute atomic E-state index is 0.177. The van der Waals surface area contributed by atoms with Gasteiger partial charge in [0.1, 0.15) is 0 Å². The van der Waals surface area contributed by atoms with Crippen molar-refractivity contribution in [3.05, 3.63) is 0 Å². The molecule has 0 spiro atoms. The Morgan fingerprint density at radius 2 is 2.00 bits per heavy atom. The highest BCUT2D eigenvalue weighted by atomic mass is 16.4. The van der Waals surface area contributed by atoms with Crippen LogP contribution in [0, 0.1) is 5.92 Å². The highest BCUT2D eigenvalue weighted by molar-refractivity contribution is 5.77. The normalized spacial score (nSPS) is 25.6. The minimum atomic E-state index is -0.840. The number of carboxylic acid groups (broad SMARTS) is 1. The maximum absolute atomic E-state index is 12.2. The molecule has 108 valence electrons. The molecule has 1 atom stereocenters. The van der Waals surface area contributed by atoms with Crippen molar-refractivity contribution >= 4 is 12.0 Å². The predicted octanol–water partition coefficient (Wildman–Crippen LogP) is 0.750. The lowest BCUT2D eigenvalue weighted by molar-refractivity contribution is -0.141. The molecule has 1 unspecified atom stereocenters. The van der Waals surface area contributed by atoms with Crippen molar-refractivity contribution in [1.29, 1.82) is 0 Å². The van der Waals surface area contributed by atoms with Gasteiger partial charge >= 0.3 is 12.0 Å². The van der Waals surface area contributed by atoms with E-state index in [1.54, 1.807) is 11.9 Å². The van der Waals surface area contributed by atoms with E-state index in [9.17, 15) is 14.7 Å². The number of aliphatic hydroxyl groups is 1. The van der Waals surface area contributed by atoms with E-state index >= 15 is 0 Å². The summed E-state index contributed by atoms with van der Waals surface area (Å²) in [6.45, 7) is 1.09. The molecule has 1 saturated heterocycles. The molecule has 2 fully saturated rings. The van der Waals surface area contributed by atoms with E-state index in [0.29, 0.717) is 19.5 Å². The van der Waals surface area contributed by atoms with E-state index in [4.69, 9.17) is 5.11 Å². The number of likely N-dealkylation sites (tertiary alicyclic amines) is 1. The number of hydrogen-bond donors (Lipinski definition) is 2. The molecule has 1 saturated carbocycles. The zero-order valence-corrected chi connectivity index (χ0v) is 11.3. The average molecular weight is 270 g/mol. The Labute approximate surface area is 113 Å². The maximum atomic E-state index is 12.2. The van der Waals surface area contributed by atoms with E-state index in [1.807, 2.05) is 0 Å². The third-order valence-corrected chi connectivity index (χ3v) is 4.20. The SMILES string of the molecule is CN(CC1(O)CCCC1)C(=O)N1CCC(C(=O)O)C1. The summed E-state index contributed by atoms with van der Waals surface area (Å²) in [6, 6.07) is -0.177. The van der Waals surface area contributed by atoms with Crippen LogP contribution in [-0.4, -0.2) is 64.3 Å². The van der Waals surface area contributed by atoms with Gasteiger partial charge in [0.2, 0.25) is 0 Å². The molecule has 2 aliphatic rings. The van der Waals surface area contributed by atoms with Gasteiger partial charge in [0.05, 0.1) is 18.1 Å². The number of rotatable bonds is 3. The number of amides is 2. The summed E-state index contributed by atoms with van der Waals surface area (Å²) in [5.41, 5.74) is -0.754. The molecule has 2 N–H and O–H groups in total. The zero-order valence-electron chi connectivity index (χ0n) is 11.3. The van der Waals surface area contributed by atoms with Crippen molar-refractivity contribution in [2.75, 3.05) is 26.7 Å². The fraction of sp³-hybridized carbons (Fsp3) is 0.846. The van der Waals surface area contributed by atoms with Gasteiger partial charge in [0.15, 0.2) is 0 Å². The molecule has 0 aromatic carbocycles. The molecule has 1 aliphatic heterocycles. The summed E-state index contributed by atoms with van der Waals surface area (Å²) in [6.07, 6.45) is 4.00. The fourth-order valence-corrected chi connectivity index (χ4v) is 3.08. The van der Waals surface area contributed by atoms with Gasteiger partial charge in [-0.1, -0.05) is 12.8 Å². The van der Waals surface area contributed by atoms with Gasteiger partial charge in [-0.2, -0.15) is 0 Å². The Morgan fingerprint density at radius 3 is 2.53 bits per heavy atom. The lowest BCUT2D eigenvalue weighted by atomic mass is 10.0. The largest absolute Gasteiger partial charge is 0.481 e. The Bertz CT molecular complexity index is 366. The Morgan fingerprint density at radius 1 is 1.37 bits per heavy atom. The maximum Gasteiger partial charge on any atom is 0.319 e. The van der Waals surface area contributed by atoms with Gasteiger partial charge in [-0.3, -0.25) is 4.79 Å². The first-order chi connectivity index (χ1) is 8.91. The number of carbonyl (C=O) groups excluding carboxylic acids is 1. The summed E-state index contributed by atoms with van der Waals surface area (Å²) in [7, 11) is 1.67. The molecule has 0 aromatic rings. The molecular formula is C13H22N2O4. The topological polar surface area (TPSA) is 81.1 Å². The monoisotopic (exact) mass is 270 g/mol. The first kappa shape index (κ1) is 14.1. The smallest absolute Gasteiger partial charge is 0.319 e. The molecule has 6 nitrogen and oxygen atoms in total. The summed E-state index contributed by atoms with van der Waals surface area (Å²) in [5, 5.41) is 19.2. The number of hydrogen-bond acceptors (Lipinski definition) is 3. The minimum Gasteiger partial charge on any atom is -0.481 e. The van der Waals surface area contributed by atoms with Gasteiger partial charge in [0.25, 0.3) is 0 Å². The quantitative estimate of drug-likeness (QED) is 0.793. The van der Waals surface area contributed by atoms with Crippen LogP contribution in [0.5, 0.6) is 0 Å². The van der Waals surface area contributed by atoms with Gasteiger partial charge in [-0.05, 0) is 19.3 Å². The number of carboxylic acids is 1. The lowest BCUT2D eigenvalue weighted by Crippen LogP contribution is -2.47. The van der Waals surface area contributed by atoms with Crippen LogP contribution in [0.1, 0.15) is 32.1 Å². The standard InChI is InChI=1S/C13H22N2O4/c1-14(9-13(19)5-2-3-6-13)12(18)15-7-4-10(8-15)11(16)17/h10,19H,2-9H2,1H3,(H,16,17). The first-order valence-electron chi connectivity index (χ1n) is 6.86. The number of urea groups is 1. The average Bonchev–Trinajstić information content (AvgIpc) is 2.97. The van der Waals surface area contributed by atoms with E-state index < -0.39 is 17.5 Å². The van der Waals surface area contributed by atoms with Crippen LogP contribution in [0.4, 0.5) is 4.79 Å². The molecule has 19 heavy (non-hydrogen) atoms. The highest BCUT2D eigenvalue weighted by Gasteiger charge is 2.36. The molecule has 1 heterocycles. The van der Waals surface area contributed by atoms with Crippen LogP contribution in [0.3, 0.4) is 0 Å². The van der Waals surface area contributed by atoms with E-state index in [0.717, 1.165) is 25.7 Å². The van der Waals surface area contributed by atoms with Gasteiger partial charge in [-0.15, -0.1) is 0 Å². The van der Waals surface area contributed by atoms with Crippen LogP contribution < -0.4 is 0 Å². The second-order valence-corrected chi connectivity index (χ2v) is 5.84. The van der Waals surface area contributed by atoms with Gasteiger partial charge < -0.3 is 20.0 Å². The molecular weight excluding hydrogens is 248 g/mol. The Balaban J connectivity index is 1.87. The van der Waals surface area contributed by atoms with Crippen LogP contribution >= 0.6 is 0 Å². The first-order valence-corrected chi connectivity index (χ1v) is 6.86. The lowest BCUT2D eigenvalue weighted by Gasteiger charge is -2.31. The van der Waals surface area contributed by atoms with Crippen molar-refractivity contribution < 1.29 is 19.8 Å². The van der Waals surface area contributed by atoms with Crippen molar-refractivity contribution in [3.63, 3.8) is 0 Å². The molecule has 0 bridgehead atoms. The molecule has 1 aliphatic carbocycles. The van der Waals surface area contributed by atoms with Crippen molar-refractivity contribution in [3.8, 4) is 0 Å². The molecule has 0 radical (unpaired) electrons. The zero-order chi connectivity index (χ0) is 14.0. The van der Waals surface area contributed by atoms with Crippen LogP contribution in [0.25, 0.3) is 0 Å². The number of likely N-dealkylation sites (N-methyl/N-ethyl adjacent to an activating group) is 1. The van der Waals surface area contributed by atoms with E-state index in [1.165, 1.54) is 4.90 Å². The second kappa shape index (κ2) is 5.36. The van der Waals surface area contributed by atoms with E-state index in [2.05, 4.69) is 0 Å². The molecule has 0 aromatic heterocycles. The van der Waals surface area contributed by atoms with Crippen molar-refractivity contribution in [2.45, 2.75) is 37.7 Å². The van der Waals surface area contributed by atoms with Gasteiger partial charge in [0, 0.05) is 20.1 Å². The summed E-state index contributed by atoms with van der Waals surface area (Å²) in [5.74, 6) is -1.29. The summed E-state index contributed by atoms with van der Waals surface area (Å²) >= 11 is 0. The molecule has 6 heteroatoms. The van der Waals surface area contributed by atoms with Crippen LogP contribution in [0.2, 0.25) is 0 Å². The molecule has 2 amide bonds. The number of carbonyl (C=O) groups is 2. The summed E-state index contributed by atoms with van der Waals surface area (Å²) in [4.78, 5) is 26.2. The number of aliphatic carboxylic acids is 1. The Kier molecular flexibility index (Phi) is 3.99. The number of nitrogens with zero attached hydrogens (tertiary/aromatic N) is 2.